The fourth-order valence-electron chi connectivity index (χ4n) is 2.03. The predicted molar refractivity (Wildman–Crippen MR) is 80.3 cm³/mol. The lowest BCUT2D eigenvalue weighted by Gasteiger charge is -2.14. The van der Waals surface area contributed by atoms with Gasteiger partial charge in [-0.25, -0.2) is 0 Å². The maximum absolute atomic E-state index is 11.8. The first kappa shape index (κ1) is 16.3. The highest BCUT2D eigenvalue weighted by Gasteiger charge is 2.13. The topological polar surface area (TPSA) is 47.6 Å². The van der Waals surface area contributed by atoms with Crippen LogP contribution in [0.1, 0.15) is 32.3 Å². The molecule has 0 bridgehead atoms. The number of carbonyl (C=O) groups is 1. The summed E-state index contributed by atoms with van der Waals surface area (Å²) in [6.45, 7) is 7.00. The summed E-state index contributed by atoms with van der Waals surface area (Å²) >= 11 is 0. The van der Waals surface area contributed by atoms with E-state index in [0.29, 0.717) is 18.9 Å². The van der Waals surface area contributed by atoms with E-state index in [-0.39, 0.29) is 11.8 Å². The summed E-state index contributed by atoms with van der Waals surface area (Å²) in [6.07, 6.45) is 1.74. The number of hydrogen-bond donors (Lipinski definition) is 1. The summed E-state index contributed by atoms with van der Waals surface area (Å²) in [5.74, 6) is 1.63. The zero-order valence-corrected chi connectivity index (χ0v) is 12.9. The monoisotopic (exact) mass is 279 g/mol. The molecule has 0 aromatic heterocycles. The second-order valence-electron chi connectivity index (χ2n) is 4.81. The third-order valence-electron chi connectivity index (χ3n) is 3.33. The van der Waals surface area contributed by atoms with Crippen LogP contribution in [0, 0.1) is 12.8 Å². The van der Waals surface area contributed by atoms with Crippen molar-refractivity contribution in [3.8, 4) is 11.5 Å². The number of ether oxygens (including phenoxy) is 2. The van der Waals surface area contributed by atoms with Crippen molar-refractivity contribution in [1.29, 1.82) is 0 Å². The Morgan fingerprint density at radius 3 is 2.55 bits per heavy atom. The molecule has 0 saturated carbocycles. The quantitative estimate of drug-likeness (QED) is 0.744. The van der Waals surface area contributed by atoms with E-state index >= 15 is 0 Å². The van der Waals surface area contributed by atoms with Gasteiger partial charge in [0.15, 0.2) is 11.5 Å². The maximum Gasteiger partial charge on any atom is 0.223 e. The van der Waals surface area contributed by atoms with Crippen molar-refractivity contribution in [2.45, 2.75) is 33.6 Å². The van der Waals surface area contributed by atoms with Crippen molar-refractivity contribution in [2.24, 2.45) is 5.92 Å². The van der Waals surface area contributed by atoms with E-state index in [0.717, 1.165) is 24.2 Å². The van der Waals surface area contributed by atoms with Crippen LogP contribution < -0.4 is 14.8 Å². The summed E-state index contributed by atoms with van der Waals surface area (Å²) in [4.78, 5) is 11.8. The van der Waals surface area contributed by atoms with Gasteiger partial charge in [-0.2, -0.15) is 0 Å². The lowest BCUT2D eigenvalue weighted by Crippen LogP contribution is -2.33. The molecule has 0 aliphatic rings. The number of carbonyl (C=O) groups excluding carboxylic acids is 1. The molecule has 0 saturated heterocycles. The summed E-state index contributed by atoms with van der Waals surface area (Å²) in [5, 5.41) is 2.90. The normalized spacial score (nSPS) is 10.4. The van der Waals surface area contributed by atoms with Crippen molar-refractivity contribution in [1.82, 2.24) is 5.32 Å². The van der Waals surface area contributed by atoms with Crippen molar-refractivity contribution in [3.05, 3.63) is 23.8 Å². The van der Waals surface area contributed by atoms with Crippen LogP contribution in [0.25, 0.3) is 0 Å². The van der Waals surface area contributed by atoms with Gasteiger partial charge in [-0.05, 0) is 37.5 Å². The molecule has 0 atom stereocenters. The minimum atomic E-state index is 0.101. The SMILES string of the molecule is CCC(CC)C(=O)NCCOc1ccc(C)cc1OC. The number of rotatable bonds is 8. The van der Waals surface area contributed by atoms with Crippen LogP contribution in [0.15, 0.2) is 18.2 Å². The highest BCUT2D eigenvalue weighted by molar-refractivity contribution is 5.78. The molecule has 0 radical (unpaired) electrons. The van der Waals surface area contributed by atoms with Crippen LogP contribution in [0.3, 0.4) is 0 Å². The van der Waals surface area contributed by atoms with Gasteiger partial charge in [-0.3, -0.25) is 4.79 Å². The van der Waals surface area contributed by atoms with Gasteiger partial charge in [0.25, 0.3) is 0 Å². The van der Waals surface area contributed by atoms with Crippen LogP contribution in [0.4, 0.5) is 0 Å². The Labute approximate surface area is 121 Å². The average molecular weight is 279 g/mol. The van der Waals surface area contributed by atoms with Gasteiger partial charge in [-0.1, -0.05) is 19.9 Å². The molecule has 0 fully saturated rings. The Morgan fingerprint density at radius 1 is 1.25 bits per heavy atom. The second kappa shape index (κ2) is 8.46. The highest BCUT2D eigenvalue weighted by atomic mass is 16.5. The summed E-state index contributed by atoms with van der Waals surface area (Å²) < 4.78 is 10.9. The van der Waals surface area contributed by atoms with E-state index in [9.17, 15) is 4.79 Å². The fraction of sp³-hybridized carbons (Fsp3) is 0.562. The summed E-state index contributed by atoms with van der Waals surface area (Å²) in [7, 11) is 1.62. The van der Waals surface area contributed by atoms with Gasteiger partial charge in [0.05, 0.1) is 13.7 Å². The van der Waals surface area contributed by atoms with Crippen molar-refractivity contribution < 1.29 is 14.3 Å². The molecule has 0 unspecified atom stereocenters. The van der Waals surface area contributed by atoms with E-state index in [1.54, 1.807) is 7.11 Å². The second-order valence-corrected chi connectivity index (χ2v) is 4.81. The number of benzene rings is 1. The molecule has 1 amide bonds. The molecular formula is C16H25NO3. The Balaban J connectivity index is 2.40. The third kappa shape index (κ3) is 4.76. The van der Waals surface area contributed by atoms with Crippen LogP contribution >= 0.6 is 0 Å². The Morgan fingerprint density at radius 2 is 1.95 bits per heavy atom. The first-order valence-electron chi connectivity index (χ1n) is 7.17. The van der Waals surface area contributed by atoms with Gasteiger partial charge in [-0.15, -0.1) is 0 Å². The van der Waals surface area contributed by atoms with E-state index in [2.05, 4.69) is 5.32 Å². The van der Waals surface area contributed by atoms with Crippen LogP contribution in [-0.2, 0) is 4.79 Å². The van der Waals surface area contributed by atoms with Crippen molar-refractivity contribution in [2.75, 3.05) is 20.3 Å². The van der Waals surface area contributed by atoms with Gasteiger partial charge in [0, 0.05) is 5.92 Å². The Kier molecular flexibility index (Phi) is 6.91. The predicted octanol–water partition coefficient (Wildman–Crippen LogP) is 2.93. The molecule has 0 heterocycles. The Hall–Kier alpha value is -1.71. The zero-order valence-electron chi connectivity index (χ0n) is 12.9. The van der Waals surface area contributed by atoms with Crippen molar-refractivity contribution >= 4 is 5.91 Å². The van der Waals surface area contributed by atoms with Gasteiger partial charge >= 0.3 is 0 Å². The molecule has 1 aromatic carbocycles. The summed E-state index contributed by atoms with van der Waals surface area (Å²) in [5.41, 5.74) is 1.12. The molecule has 112 valence electrons. The van der Waals surface area contributed by atoms with E-state index in [4.69, 9.17) is 9.47 Å². The molecule has 1 rings (SSSR count). The van der Waals surface area contributed by atoms with Crippen LogP contribution in [0.2, 0.25) is 0 Å². The summed E-state index contributed by atoms with van der Waals surface area (Å²) in [6, 6.07) is 5.79. The number of amides is 1. The number of nitrogens with one attached hydrogen (secondary N) is 1. The molecule has 0 aliphatic carbocycles. The van der Waals surface area contributed by atoms with Crippen LogP contribution in [-0.4, -0.2) is 26.2 Å². The molecule has 0 aliphatic heterocycles. The number of hydrogen-bond acceptors (Lipinski definition) is 3. The van der Waals surface area contributed by atoms with E-state index in [1.807, 2.05) is 39.0 Å². The molecule has 1 N–H and O–H groups in total. The molecule has 20 heavy (non-hydrogen) atoms. The minimum absolute atomic E-state index is 0.101. The average Bonchev–Trinajstić information content (AvgIpc) is 2.46. The standard InChI is InChI=1S/C16H25NO3/c1-5-13(6-2)16(18)17-9-10-20-14-8-7-12(3)11-15(14)19-4/h7-8,11,13H,5-6,9-10H2,1-4H3,(H,17,18). The lowest BCUT2D eigenvalue weighted by atomic mass is 10.0. The Bertz CT molecular complexity index is 428. The van der Waals surface area contributed by atoms with Crippen LogP contribution in [0.5, 0.6) is 11.5 Å². The van der Waals surface area contributed by atoms with E-state index < -0.39 is 0 Å². The molecular weight excluding hydrogens is 254 g/mol. The molecule has 4 heteroatoms. The smallest absolute Gasteiger partial charge is 0.223 e. The zero-order chi connectivity index (χ0) is 15.0. The van der Waals surface area contributed by atoms with Gasteiger partial charge in [0.1, 0.15) is 6.61 Å². The minimum Gasteiger partial charge on any atom is -0.493 e. The van der Waals surface area contributed by atoms with E-state index in [1.165, 1.54) is 0 Å². The largest absolute Gasteiger partial charge is 0.493 e. The molecule has 1 aromatic rings. The van der Waals surface area contributed by atoms with Crippen molar-refractivity contribution in [3.63, 3.8) is 0 Å². The molecule has 0 spiro atoms. The van der Waals surface area contributed by atoms with Gasteiger partial charge < -0.3 is 14.8 Å². The first-order chi connectivity index (χ1) is 9.62. The fourth-order valence-corrected chi connectivity index (χ4v) is 2.03. The van der Waals surface area contributed by atoms with Gasteiger partial charge in [0.2, 0.25) is 5.91 Å². The lowest BCUT2D eigenvalue weighted by molar-refractivity contribution is -0.125. The number of methoxy groups -OCH3 is 1. The number of aryl methyl sites for hydroxylation is 1. The molecule has 4 nitrogen and oxygen atoms in total. The highest BCUT2D eigenvalue weighted by Crippen LogP contribution is 2.27. The first-order valence-corrected chi connectivity index (χ1v) is 7.17. The maximum atomic E-state index is 11.8. The third-order valence-corrected chi connectivity index (χ3v) is 3.33.